The van der Waals surface area contributed by atoms with Crippen molar-refractivity contribution in [2.24, 2.45) is 0 Å². The third-order valence-electron chi connectivity index (χ3n) is 0.865. The highest BCUT2D eigenvalue weighted by molar-refractivity contribution is 7.78. The van der Waals surface area contributed by atoms with Crippen LogP contribution in [0.2, 0.25) is 0 Å². The van der Waals surface area contributed by atoms with Gasteiger partial charge in [0, 0.05) is 0 Å². The highest BCUT2D eigenvalue weighted by Crippen LogP contribution is 1.96. The Morgan fingerprint density at radius 3 is 2.70 bits per heavy atom. The van der Waals surface area contributed by atoms with Gasteiger partial charge in [-0.25, -0.2) is 0 Å². The van der Waals surface area contributed by atoms with E-state index >= 15 is 0 Å². The normalized spacial score (nSPS) is 11.5. The van der Waals surface area contributed by atoms with E-state index in [-0.39, 0.29) is 0 Å². The Labute approximate surface area is 66.7 Å². The molecule has 0 aliphatic heterocycles. The van der Waals surface area contributed by atoms with Gasteiger partial charge >= 0.3 is 0 Å². The monoisotopic (exact) mass is 154 g/mol. The highest BCUT2D eigenvalue weighted by Gasteiger charge is 1.83. The van der Waals surface area contributed by atoms with Gasteiger partial charge in [-0.2, -0.15) is 0 Å². The van der Waals surface area contributed by atoms with Gasteiger partial charge < -0.3 is 4.74 Å². The van der Waals surface area contributed by atoms with Crippen molar-refractivity contribution in [2.75, 3.05) is 0 Å². The Bertz CT molecular complexity index is 168. The third kappa shape index (κ3) is 4.04. The zero-order chi connectivity index (χ0) is 7.82. The molecule has 0 saturated carbocycles. The number of ether oxygens (including phenoxy) is 1. The molecule has 0 fully saturated rings. The predicted molar refractivity (Wildman–Crippen MR) is 47.8 cm³/mol. The van der Waals surface area contributed by atoms with E-state index in [4.69, 9.17) is 4.74 Å². The maximum absolute atomic E-state index is 4.91. The van der Waals surface area contributed by atoms with Crippen molar-refractivity contribution in [3.8, 4) is 0 Å². The summed E-state index contributed by atoms with van der Waals surface area (Å²) in [5.74, 6) is 0.731. The van der Waals surface area contributed by atoms with Gasteiger partial charge in [-0.1, -0.05) is 18.7 Å². The molecule has 2 heteroatoms. The van der Waals surface area contributed by atoms with Crippen LogP contribution in [0, 0.1) is 0 Å². The maximum atomic E-state index is 4.91. The van der Waals surface area contributed by atoms with Crippen molar-refractivity contribution >= 4 is 17.8 Å². The van der Waals surface area contributed by atoms with Crippen LogP contribution in [0.25, 0.3) is 0 Å². The van der Waals surface area contributed by atoms with Gasteiger partial charge in [0.1, 0.15) is 5.76 Å². The van der Waals surface area contributed by atoms with Gasteiger partial charge in [-0.3, -0.25) is 0 Å². The molecule has 0 bridgehead atoms. The topological polar surface area (TPSA) is 9.23 Å². The van der Waals surface area contributed by atoms with Gasteiger partial charge in [-0.15, -0.1) is 0 Å². The molecule has 10 heavy (non-hydrogen) atoms. The second-order valence-corrected chi connectivity index (χ2v) is 1.69. The molecule has 0 rings (SSSR count). The van der Waals surface area contributed by atoms with Crippen LogP contribution in [-0.2, 0) is 4.74 Å². The van der Waals surface area contributed by atoms with Crippen molar-refractivity contribution in [1.29, 1.82) is 0 Å². The number of hydrogen-bond acceptors (Lipinski definition) is 2. The lowest BCUT2D eigenvalue weighted by molar-refractivity contribution is 0.463. The van der Waals surface area contributed by atoms with E-state index in [1.165, 1.54) is 5.55 Å². The predicted octanol–water partition coefficient (Wildman–Crippen LogP) is 2.61. The molecule has 0 saturated heterocycles. The Morgan fingerprint density at radius 2 is 2.30 bits per heavy atom. The summed E-state index contributed by atoms with van der Waals surface area (Å²) in [4.78, 5) is 0. The van der Waals surface area contributed by atoms with Crippen molar-refractivity contribution in [1.82, 2.24) is 0 Å². The summed E-state index contributed by atoms with van der Waals surface area (Å²) in [5.41, 5.74) is 1.22. The molecule has 0 N–H and O–H groups in total. The van der Waals surface area contributed by atoms with E-state index in [1.54, 1.807) is 18.2 Å². The lowest BCUT2D eigenvalue weighted by atomic mass is 10.4. The Balaban J connectivity index is 3.95. The van der Waals surface area contributed by atoms with Crippen LogP contribution in [0.4, 0.5) is 0 Å². The summed E-state index contributed by atoms with van der Waals surface area (Å²) in [6.07, 6.45) is 7.07. The molecule has 0 atom stereocenters. The third-order valence-corrected chi connectivity index (χ3v) is 0.962. The summed E-state index contributed by atoms with van der Waals surface area (Å²) in [7, 11) is 0. The van der Waals surface area contributed by atoms with Crippen LogP contribution in [0.15, 0.2) is 36.6 Å². The summed E-state index contributed by atoms with van der Waals surface area (Å²) in [6, 6.07) is 0. The number of thiocarbonyl (C=S) groups is 1. The quantitative estimate of drug-likeness (QED) is 0.350. The fraction of sp³-hybridized carbons (Fsp3) is 0.125. The fourth-order valence-electron chi connectivity index (χ4n) is 0.422. The Hall–Kier alpha value is -0.890. The molecular formula is C8H10OS. The van der Waals surface area contributed by atoms with Gasteiger partial charge in [0.25, 0.3) is 0 Å². The Kier molecular flexibility index (Phi) is 5.68. The number of allylic oxidation sites excluding steroid dienone is 4. The molecule has 0 amide bonds. The minimum Gasteiger partial charge on any atom is -0.454 e. The zero-order valence-corrected chi connectivity index (χ0v) is 6.73. The van der Waals surface area contributed by atoms with E-state index in [9.17, 15) is 0 Å². The molecule has 0 aromatic carbocycles. The second kappa shape index (κ2) is 6.23. The van der Waals surface area contributed by atoms with Crippen molar-refractivity contribution in [3.63, 3.8) is 0 Å². The summed E-state index contributed by atoms with van der Waals surface area (Å²) >= 11 is 4.50. The molecule has 0 heterocycles. The molecule has 54 valence electrons. The fourth-order valence-corrected chi connectivity index (χ4v) is 0.533. The largest absolute Gasteiger partial charge is 0.454 e. The molecule has 0 radical (unpaired) electrons. The highest BCUT2D eigenvalue weighted by atomic mass is 32.1. The van der Waals surface area contributed by atoms with Crippen LogP contribution >= 0.6 is 12.2 Å². The summed E-state index contributed by atoms with van der Waals surface area (Å²) in [6.45, 7) is 5.40. The smallest absolute Gasteiger partial charge is 0.154 e. The van der Waals surface area contributed by atoms with Crippen LogP contribution in [0.5, 0.6) is 0 Å². The minimum absolute atomic E-state index is 0.731. The molecule has 0 spiro atoms. The molecule has 0 aliphatic rings. The summed E-state index contributed by atoms with van der Waals surface area (Å²) in [5, 5.41) is 0. The molecular weight excluding hydrogens is 144 g/mol. The minimum atomic E-state index is 0.731. The number of rotatable bonds is 4. The van der Waals surface area contributed by atoms with E-state index < -0.39 is 0 Å². The second-order valence-electron chi connectivity index (χ2n) is 1.50. The standard InChI is InChI=1S/C8H10OS/c1-3-5-6-8(4-2)9-7-10/h3-7H,1H2,2H3/b6-5-,8-4+. The average molecular weight is 154 g/mol. The Morgan fingerprint density at radius 1 is 1.60 bits per heavy atom. The van der Waals surface area contributed by atoms with Crippen LogP contribution in [0.1, 0.15) is 6.92 Å². The first-order valence-corrected chi connectivity index (χ1v) is 3.38. The first-order valence-electron chi connectivity index (χ1n) is 2.91. The first kappa shape index (κ1) is 9.11. The summed E-state index contributed by atoms with van der Waals surface area (Å²) < 4.78 is 4.91. The van der Waals surface area contributed by atoms with Gasteiger partial charge in [-0.05, 0) is 31.3 Å². The van der Waals surface area contributed by atoms with Crippen molar-refractivity contribution in [3.05, 3.63) is 36.6 Å². The van der Waals surface area contributed by atoms with Gasteiger partial charge in [0.05, 0.1) is 0 Å². The molecule has 0 aromatic heterocycles. The number of hydrogen-bond donors (Lipinski definition) is 0. The van der Waals surface area contributed by atoms with Crippen molar-refractivity contribution in [2.45, 2.75) is 6.92 Å². The van der Waals surface area contributed by atoms with Gasteiger partial charge in [0.15, 0.2) is 5.55 Å². The van der Waals surface area contributed by atoms with E-state index in [0.717, 1.165) is 5.76 Å². The van der Waals surface area contributed by atoms with E-state index in [2.05, 4.69) is 18.8 Å². The first-order chi connectivity index (χ1) is 4.85. The van der Waals surface area contributed by atoms with Crippen LogP contribution in [-0.4, -0.2) is 5.55 Å². The van der Waals surface area contributed by atoms with Crippen molar-refractivity contribution < 1.29 is 4.74 Å². The molecule has 0 aromatic rings. The van der Waals surface area contributed by atoms with Gasteiger partial charge in [0.2, 0.25) is 0 Å². The van der Waals surface area contributed by atoms with E-state index in [0.29, 0.717) is 0 Å². The molecule has 1 nitrogen and oxygen atoms in total. The zero-order valence-electron chi connectivity index (χ0n) is 5.91. The SMILES string of the molecule is C=C/C=C\C(=C/C)OC=S. The molecule has 0 aliphatic carbocycles. The maximum Gasteiger partial charge on any atom is 0.154 e. The lowest BCUT2D eigenvalue weighted by Crippen LogP contribution is -1.81. The average Bonchev–Trinajstić information content (AvgIpc) is 1.98. The lowest BCUT2D eigenvalue weighted by Gasteiger charge is -1.95. The van der Waals surface area contributed by atoms with Crippen LogP contribution in [0.3, 0.4) is 0 Å². The van der Waals surface area contributed by atoms with E-state index in [1.807, 2.05) is 13.0 Å². The van der Waals surface area contributed by atoms with Crippen LogP contribution < -0.4 is 0 Å². The molecule has 0 unspecified atom stereocenters.